The lowest BCUT2D eigenvalue weighted by Gasteiger charge is -2.16. The monoisotopic (exact) mass is 290 g/mol. The maximum Gasteiger partial charge on any atom is 0.307 e. The van der Waals surface area contributed by atoms with Gasteiger partial charge in [-0.25, -0.2) is 13.4 Å². The van der Waals surface area contributed by atoms with Crippen LogP contribution in [0, 0.1) is 5.92 Å². The summed E-state index contributed by atoms with van der Waals surface area (Å²) >= 11 is 5.75. The zero-order chi connectivity index (χ0) is 13.3. The molecule has 1 atom stereocenters. The van der Waals surface area contributed by atoms with Crippen molar-refractivity contribution < 1.29 is 18.3 Å². The molecule has 18 heavy (non-hydrogen) atoms. The Morgan fingerprint density at radius 1 is 1.56 bits per heavy atom. The summed E-state index contributed by atoms with van der Waals surface area (Å²) < 4.78 is 25.6. The summed E-state index contributed by atoms with van der Waals surface area (Å²) in [7, 11) is -3.76. The van der Waals surface area contributed by atoms with Crippen molar-refractivity contribution in [3.63, 3.8) is 0 Å². The maximum absolute atomic E-state index is 12.2. The molecule has 8 heteroatoms. The number of rotatable bonds is 3. The van der Waals surface area contributed by atoms with Crippen molar-refractivity contribution in [3.8, 4) is 0 Å². The van der Waals surface area contributed by atoms with Crippen molar-refractivity contribution in [1.29, 1.82) is 0 Å². The number of sulfonamides is 1. The minimum atomic E-state index is -3.76. The number of carboxylic acids is 1. The maximum atomic E-state index is 12.2. The third-order valence-corrected chi connectivity index (χ3v) is 5.15. The zero-order valence-electron chi connectivity index (χ0n) is 9.28. The molecule has 1 saturated heterocycles. The van der Waals surface area contributed by atoms with E-state index >= 15 is 0 Å². The first kappa shape index (κ1) is 13.3. The second-order valence-corrected chi connectivity index (χ2v) is 6.24. The molecule has 98 valence electrons. The van der Waals surface area contributed by atoms with Crippen molar-refractivity contribution in [2.75, 3.05) is 13.1 Å². The lowest BCUT2D eigenvalue weighted by molar-refractivity contribution is -0.141. The highest BCUT2D eigenvalue weighted by Crippen LogP contribution is 2.27. The molecule has 1 aliphatic rings. The molecule has 1 N–H and O–H groups in total. The molecule has 0 aromatic carbocycles. The van der Waals surface area contributed by atoms with Crippen LogP contribution in [0.1, 0.15) is 6.42 Å². The molecule has 2 heterocycles. The number of pyridine rings is 1. The Bertz CT molecular complexity index is 575. The van der Waals surface area contributed by atoms with Crippen molar-refractivity contribution in [1.82, 2.24) is 9.29 Å². The molecule has 0 saturated carbocycles. The van der Waals surface area contributed by atoms with Crippen LogP contribution in [0.5, 0.6) is 0 Å². The smallest absolute Gasteiger partial charge is 0.307 e. The number of aromatic nitrogens is 1. The van der Waals surface area contributed by atoms with E-state index in [4.69, 9.17) is 16.7 Å². The van der Waals surface area contributed by atoms with Crippen molar-refractivity contribution in [2.45, 2.75) is 11.3 Å². The van der Waals surface area contributed by atoms with E-state index < -0.39 is 21.9 Å². The van der Waals surface area contributed by atoms with Crippen LogP contribution in [-0.4, -0.2) is 41.9 Å². The molecule has 2 rings (SSSR count). The lowest BCUT2D eigenvalue weighted by atomic mass is 10.1. The molecule has 0 amide bonds. The molecule has 1 aliphatic heterocycles. The van der Waals surface area contributed by atoms with Gasteiger partial charge in [-0.3, -0.25) is 4.79 Å². The van der Waals surface area contributed by atoms with Gasteiger partial charge in [0.15, 0.2) is 0 Å². The van der Waals surface area contributed by atoms with Gasteiger partial charge in [-0.05, 0) is 18.6 Å². The van der Waals surface area contributed by atoms with Crippen LogP contribution in [0.15, 0.2) is 23.2 Å². The lowest BCUT2D eigenvalue weighted by Crippen LogP contribution is -2.30. The number of carboxylic acid groups (broad SMARTS) is 1. The number of halogens is 1. The number of carbonyl (C=O) groups is 1. The summed E-state index contributed by atoms with van der Waals surface area (Å²) in [5, 5.41) is 8.76. The van der Waals surface area contributed by atoms with Crippen LogP contribution in [0.2, 0.25) is 5.15 Å². The fraction of sp³-hybridized carbons (Fsp3) is 0.400. The first-order valence-corrected chi connectivity index (χ1v) is 7.08. The Balaban J connectivity index is 2.29. The van der Waals surface area contributed by atoms with Crippen molar-refractivity contribution in [3.05, 3.63) is 23.5 Å². The Kier molecular flexibility index (Phi) is 3.56. The summed E-state index contributed by atoms with van der Waals surface area (Å²) in [6, 6.07) is 2.84. The number of aliphatic carboxylic acids is 1. The summed E-state index contributed by atoms with van der Waals surface area (Å²) in [6.07, 6.45) is 1.71. The van der Waals surface area contributed by atoms with E-state index in [1.807, 2.05) is 0 Å². The Morgan fingerprint density at radius 2 is 2.28 bits per heavy atom. The van der Waals surface area contributed by atoms with Crippen LogP contribution in [-0.2, 0) is 14.8 Å². The molecule has 1 aromatic rings. The predicted molar refractivity (Wildman–Crippen MR) is 63.7 cm³/mol. The second-order valence-electron chi connectivity index (χ2n) is 3.98. The van der Waals surface area contributed by atoms with Crippen LogP contribution in [0.25, 0.3) is 0 Å². The van der Waals surface area contributed by atoms with E-state index in [1.54, 1.807) is 0 Å². The van der Waals surface area contributed by atoms with Crippen LogP contribution in [0.4, 0.5) is 0 Å². The largest absolute Gasteiger partial charge is 0.481 e. The van der Waals surface area contributed by atoms with Crippen LogP contribution in [0.3, 0.4) is 0 Å². The Morgan fingerprint density at radius 3 is 2.83 bits per heavy atom. The van der Waals surface area contributed by atoms with Gasteiger partial charge in [0, 0.05) is 19.3 Å². The molecule has 0 radical (unpaired) electrons. The summed E-state index contributed by atoms with van der Waals surface area (Å²) in [5.74, 6) is -1.64. The number of nitrogens with zero attached hydrogens (tertiary/aromatic N) is 2. The average molecular weight is 291 g/mol. The molecule has 1 aromatic heterocycles. The molecule has 1 fully saturated rings. The average Bonchev–Trinajstić information content (AvgIpc) is 2.79. The minimum Gasteiger partial charge on any atom is -0.481 e. The van der Waals surface area contributed by atoms with Crippen molar-refractivity contribution >= 4 is 27.6 Å². The zero-order valence-corrected chi connectivity index (χ0v) is 10.9. The molecular formula is C10H11ClN2O4S. The highest BCUT2D eigenvalue weighted by Gasteiger charge is 2.36. The standard InChI is InChI=1S/C10H11ClN2O4S/c11-9-8(2-1-4-12-9)18(16,17)13-5-3-7(6-13)10(14)15/h1-2,4,7H,3,5-6H2,(H,14,15). The Hall–Kier alpha value is -1.18. The topological polar surface area (TPSA) is 87.6 Å². The summed E-state index contributed by atoms with van der Waals surface area (Å²) in [6.45, 7) is 0.160. The highest BCUT2D eigenvalue weighted by atomic mass is 35.5. The third-order valence-electron chi connectivity index (χ3n) is 2.84. The summed E-state index contributed by atoms with van der Waals surface area (Å²) in [5.41, 5.74) is 0. The van der Waals surface area contributed by atoms with E-state index in [9.17, 15) is 13.2 Å². The van der Waals surface area contributed by atoms with Crippen molar-refractivity contribution in [2.24, 2.45) is 5.92 Å². The first-order valence-electron chi connectivity index (χ1n) is 5.26. The van der Waals surface area contributed by atoms with Gasteiger partial charge >= 0.3 is 5.97 Å². The quantitative estimate of drug-likeness (QED) is 0.833. The van der Waals surface area contributed by atoms with Gasteiger partial charge in [-0.2, -0.15) is 4.31 Å². The fourth-order valence-electron chi connectivity index (χ4n) is 1.85. The van der Waals surface area contributed by atoms with Crippen LogP contribution < -0.4 is 0 Å². The minimum absolute atomic E-state index is 0.0249. The fourth-order valence-corrected chi connectivity index (χ4v) is 3.78. The Labute approximate surface area is 109 Å². The van der Waals surface area contributed by atoms with Gasteiger partial charge in [0.05, 0.1) is 5.92 Å². The van der Waals surface area contributed by atoms with E-state index in [2.05, 4.69) is 4.98 Å². The van der Waals surface area contributed by atoms with E-state index in [0.29, 0.717) is 6.42 Å². The number of hydrogen-bond donors (Lipinski definition) is 1. The highest BCUT2D eigenvalue weighted by molar-refractivity contribution is 7.89. The number of hydrogen-bond acceptors (Lipinski definition) is 4. The van der Waals surface area contributed by atoms with Gasteiger partial charge in [0.1, 0.15) is 10.0 Å². The van der Waals surface area contributed by atoms with E-state index in [1.165, 1.54) is 18.3 Å². The summed E-state index contributed by atoms with van der Waals surface area (Å²) in [4.78, 5) is 14.4. The predicted octanol–water partition coefficient (Wildman–Crippen LogP) is 0.830. The normalized spacial score (nSPS) is 21.1. The molecule has 0 aliphatic carbocycles. The van der Waals surface area contributed by atoms with E-state index in [0.717, 1.165) is 4.31 Å². The second kappa shape index (κ2) is 4.83. The van der Waals surface area contributed by atoms with E-state index in [-0.39, 0.29) is 23.1 Å². The SMILES string of the molecule is O=C(O)C1CCN(S(=O)(=O)c2cccnc2Cl)C1. The molecule has 6 nitrogen and oxygen atoms in total. The molecule has 0 spiro atoms. The van der Waals surface area contributed by atoms with Gasteiger partial charge in [-0.1, -0.05) is 11.6 Å². The molecule has 1 unspecified atom stereocenters. The van der Waals surface area contributed by atoms with Crippen LogP contribution >= 0.6 is 11.6 Å². The third kappa shape index (κ3) is 2.33. The molecular weight excluding hydrogens is 280 g/mol. The van der Waals surface area contributed by atoms with Gasteiger partial charge in [0.25, 0.3) is 0 Å². The van der Waals surface area contributed by atoms with Gasteiger partial charge in [0.2, 0.25) is 10.0 Å². The van der Waals surface area contributed by atoms with Gasteiger partial charge < -0.3 is 5.11 Å². The molecule has 0 bridgehead atoms. The van der Waals surface area contributed by atoms with Gasteiger partial charge in [-0.15, -0.1) is 0 Å². The first-order chi connectivity index (χ1) is 8.43.